The van der Waals surface area contributed by atoms with Gasteiger partial charge < -0.3 is 15.7 Å². The number of oxime groups is 1. The van der Waals surface area contributed by atoms with Crippen molar-refractivity contribution >= 4 is 5.84 Å². The largest absolute Gasteiger partial charge is 0.496 e. The number of nitrogens with two attached hydrogens (primary N) is 1. The second kappa shape index (κ2) is 7.75. The van der Waals surface area contributed by atoms with E-state index in [0.29, 0.717) is 17.4 Å². The van der Waals surface area contributed by atoms with Crippen molar-refractivity contribution in [2.45, 2.75) is 39.3 Å². The monoisotopic (exact) mass is 279 g/mol. The van der Waals surface area contributed by atoms with Crippen molar-refractivity contribution in [2.24, 2.45) is 10.9 Å². The van der Waals surface area contributed by atoms with Crippen LogP contribution in [0.25, 0.3) is 0 Å². The smallest absolute Gasteiger partial charge is 0.173 e. The highest BCUT2D eigenvalue weighted by Crippen LogP contribution is 2.21. The fraction of sp³-hybridized carbons (Fsp3) is 0.533. The fourth-order valence-electron chi connectivity index (χ4n) is 2.19. The molecule has 0 aliphatic rings. The highest BCUT2D eigenvalue weighted by molar-refractivity contribution is 5.99. The van der Waals surface area contributed by atoms with Gasteiger partial charge in [-0.1, -0.05) is 24.6 Å². The molecule has 1 atom stereocenters. The van der Waals surface area contributed by atoms with E-state index in [2.05, 4.69) is 31.0 Å². The van der Waals surface area contributed by atoms with Gasteiger partial charge in [0.1, 0.15) is 5.75 Å². The first-order valence-electron chi connectivity index (χ1n) is 6.88. The topological polar surface area (TPSA) is 71.1 Å². The number of nitrogens with zero attached hydrogens (tertiary/aromatic N) is 2. The maximum atomic E-state index is 8.84. The second-order valence-corrected chi connectivity index (χ2v) is 5.07. The molecule has 1 rings (SSSR count). The summed E-state index contributed by atoms with van der Waals surface area (Å²) in [6.07, 6.45) is 2.34. The molecule has 0 bridgehead atoms. The molecule has 0 spiro atoms. The van der Waals surface area contributed by atoms with Crippen LogP contribution in [-0.2, 0) is 6.54 Å². The van der Waals surface area contributed by atoms with Crippen LogP contribution >= 0.6 is 0 Å². The first-order chi connectivity index (χ1) is 9.53. The van der Waals surface area contributed by atoms with Crippen molar-refractivity contribution in [1.82, 2.24) is 4.90 Å². The minimum absolute atomic E-state index is 0.0629. The van der Waals surface area contributed by atoms with Gasteiger partial charge in [0.2, 0.25) is 0 Å². The molecular weight excluding hydrogens is 254 g/mol. The van der Waals surface area contributed by atoms with E-state index in [9.17, 15) is 0 Å². The van der Waals surface area contributed by atoms with Crippen molar-refractivity contribution in [1.29, 1.82) is 0 Å². The Bertz CT molecular complexity index is 460. The van der Waals surface area contributed by atoms with Gasteiger partial charge in [-0.05, 0) is 38.1 Å². The van der Waals surface area contributed by atoms with Gasteiger partial charge in [0.05, 0.1) is 12.7 Å². The summed E-state index contributed by atoms with van der Waals surface area (Å²) in [4.78, 5) is 2.29. The van der Waals surface area contributed by atoms with E-state index in [4.69, 9.17) is 15.7 Å². The van der Waals surface area contributed by atoms with E-state index >= 15 is 0 Å². The molecule has 0 aliphatic carbocycles. The molecular formula is C15H25N3O2. The molecule has 0 radical (unpaired) electrons. The first kappa shape index (κ1) is 16.3. The average molecular weight is 279 g/mol. The molecule has 5 heteroatoms. The SMILES string of the molecule is CCCC(C)N(C)Cc1ccc(OC)c(C(N)=NO)c1. The summed E-state index contributed by atoms with van der Waals surface area (Å²) in [5.74, 6) is 0.668. The van der Waals surface area contributed by atoms with Crippen molar-refractivity contribution in [3.05, 3.63) is 29.3 Å². The van der Waals surface area contributed by atoms with Crippen LogP contribution in [0.2, 0.25) is 0 Å². The van der Waals surface area contributed by atoms with Crippen LogP contribution in [0.4, 0.5) is 0 Å². The highest BCUT2D eigenvalue weighted by atomic mass is 16.5. The van der Waals surface area contributed by atoms with Crippen LogP contribution in [0.3, 0.4) is 0 Å². The summed E-state index contributed by atoms with van der Waals surface area (Å²) in [6.45, 7) is 5.22. The lowest BCUT2D eigenvalue weighted by atomic mass is 10.1. The number of rotatable bonds is 7. The average Bonchev–Trinajstić information content (AvgIpc) is 2.46. The van der Waals surface area contributed by atoms with E-state index in [1.54, 1.807) is 7.11 Å². The van der Waals surface area contributed by atoms with E-state index < -0.39 is 0 Å². The maximum absolute atomic E-state index is 8.84. The summed E-state index contributed by atoms with van der Waals surface area (Å²) in [5.41, 5.74) is 7.41. The third-order valence-electron chi connectivity index (χ3n) is 3.54. The quantitative estimate of drug-likeness (QED) is 0.348. The number of amidine groups is 1. The Hall–Kier alpha value is -1.75. The zero-order chi connectivity index (χ0) is 15.1. The van der Waals surface area contributed by atoms with Gasteiger partial charge in [-0.25, -0.2) is 0 Å². The van der Waals surface area contributed by atoms with Gasteiger partial charge in [0, 0.05) is 12.6 Å². The minimum Gasteiger partial charge on any atom is -0.496 e. The Labute approximate surface area is 121 Å². The number of ether oxygens (including phenoxy) is 1. The van der Waals surface area contributed by atoms with Gasteiger partial charge >= 0.3 is 0 Å². The molecule has 0 aliphatic heterocycles. The zero-order valence-corrected chi connectivity index (χ0v) is 12.8. The molecule has 3 N–H and O–H groups in total. The Balaban J connectivity index is 2.92. The maximum Gasteiger partial charge on any atom is 0.173 e. The first-order valence-corrected chi connectivity index (χ1v) is 6.88. The van der Waals surface area contributed by atoms with Crippen LogP contribution in [0.5, 0.6) is 5.75 Å². The summed E-state index contributed by atoms with van der Waals surface area (Å²) in [7, 11) is 3.67. The second-order valence-electron chi connectivity index (χ2n) is 5.07. The summed E-state index contributed by atoms with van der Waals surface area (Å²) in [6, 6.07) is 6.28. The van der Waals surface area contributed by atoms with Gasteiger partial charge in [-0.3, -0.25) is 4.90 Å². The Morgan fingerprint density at radius 2 is 2.20 bits per heavy atom. The highest BCUT2D eigenvalue weighted by Gasteiger charge is 2.12. The Morgan fingerprint density at radius 3 is 2.75 bits per heavy atom. The molecule has 20 heavy (non-hydrogen) atoms. The van der Waals surface area contributed by atoms with Crippen molar-refractivity contribution < 1.29 is 9.94 Å². The van der Waals surface area contributed by atoms with E-state index in [1.807, 2.05) is 18.2 Å². The lowest BCUT2D eigenvalue weighted by Crippen LogP contribution is -2.28. The van der Waals surface area contributed by atoms with Gasteiger partial charge in [0.15, 0.2) is 5.84 Å². The number of hydrogen-bond acceptors (Lipinski definition) is 4. The van der Waals surface area contributed by atoms with Crippen molar-refractivity contribution in [3.8, 4) is 5.75 Å². The van der Waals surface area contributed by atoms with Crippen molar-refractivity contribution in [2.75, 3.05) is 14.2 Å². The van der Waals surface area contributed by atoms with Crippen LogP contribution in [0.15, 0.2) is 23.4 Å². The summed E-state index contributed by atoms with van der Waals surface area (Å²) < 4.78 is 5.23. The molecule has 0 saturated carbocycles. The number of methoxy groups -OCH3 is 1. The molecule has 1 aromatic rings. The summed E-state index contributed by atoms with van der Waals surface area (Å²) >= 11 is 0. The van der Waals surface area contributed by atoms with E-state index in [0.717, 1.165) is 12.1 Å². The predicted octanol–water partition coefficient (Wildman–Crippen LogP) is 2.41. The Kier molecular flexibility index (Phi) is 6.31. The molecule has 0 saturated heterocycles. The molecule has 0 aromatic heterocycles. The van der Waals surface area contributed by atoms with Crippen molar-refractivity contribution in [3.63, 3.8) is 0 Å². The third kappa shape index (κ3) is 4.13. The van der Waals surface area contributed by atoms with E-state index in [1.165, 1.54) is 12.8 Å². The molecule has 0 fully saturated rings. The lowest BCUT2D eigenvalue weighted by Gasteiger charge is -2.24. The minimum atomic E-state index is 0.0629. The third-order valence-corrected chi connectivity index (χ3v) is 3.54. The molecule has 0 heterocycles. The lowest BCUT2D eigenvalue weighted by molar-refractivity contribution is 0.237. The molecule has 1 aromatic carbocycles. The number of benzene rings is 1. The number of hydrogen-bond donors (Lipinski definition) is 2. The van der Waals surface area contributed by atoms with Gasteiger partial charge in [-0.15, -0.1) is 0 Å². The van der Waals surface area contributed by atoms with Crippen LogP contribution in [0, 0.1) is 0 Å². The van der Waals surface area contributed by atoms with Gasteiger partial charge in [0.25, 0.3) is 0 Å². The van der Waals surface area contributed by atoms with Crippen LogP contribution < -0.4 is 10.5 Å². The van der Waals surface area contributed by atoms with Crippen LogP contribution in [-0.4, -0.2) is 36.1 Å². The standard InChI is InChI=1S/C15H25N3O2/c1-5-6-11(2)18(3)10-12-7-8-14(20-4)13(9-12)15(16)17-19/h7-9,11,19H,5-6,10H2,1-4H3,(H2,16,17). The predicted molar refractivity (Wildman–Crippen MR) is 81.3 cm³/mol. The molecule has 5 nitrogen and oxygen atoms in total. The fourth-order valence-corrected chi connectivity index (χ4v) is 2.19. The van der Waals surface area contributed by atoms with Gasteiger partial charge in [-0.2, -0.15) is 0 Å². The molecule has 1 unspecified atom stereocenters. The normalized spacial score (nSPS) is 13.6. The summed E-state index contributed by atoms with van der Waals surface area (Å²) in [5, 5.41) is 11.9. The van der Waals surface area contributed by atoms with Crippen LogP contribution in [0.1, 0.15) is 37.8 Å². The van der Waals surface area contributed by atoms with E-state index in [-0.39, 0.29) is 5.84 Å². The molecule has 112 valence electrons. The Morgan fingerprint density at radius 1 is 1.50 bits per heavy atom. The zero-order valence-electron chi connectivity index (χ0n) is 12.8. The molecule has 0 amide bonds.